The molecule has 0 bridgehead atoms. The van der Waals surface area contributed by atoms with Gasteiger partial charge in [0, 0.05) is 43.6 Å². The number of halogens is 2. The first-order chi connectivity index (χ1) is 13.0. The summed E-state index contributed by atoms with van der Waals surface area (Å²) >= 11 is 0. The number of carbonyl (C=O) groups excluding carboxylic acids is 2. The zero-order valence-corrected chi connectivity index (χ0v) is 14.7. The molecule has 0 radical (unpaired) electrons. The number of benzene rings is 2. The fourth-order valence-electron chi connectivity index (χ4n) is 2.86. The van der Waals surface area contributed by atoms with E-state index in [-0.39, 0.29) is 5.69 Å². The number of amides is 2. The molecule has 2 aromatic carbocycles. The van der Waals surface area contributed by atoms with Crippen molar-refractivity contribution in [3.8, 4) is 5.75 Å². The van der Waals surface area contributed by atoms with E-state index in [1.807, 2.05) is 24.3 Å². The monoisotopic (exact) mass is 375 g/mol. The summed E-state index contributed by atoms with van der Waals surface area (Å²) in [6, 6.07) is 10.5. The van der Waals surface area contributed by atoms with Crippen LogP contribution < -0.4 is 15.0 Å². The van der Waals surface area contributed by atoms with Crippen LogP contribution in [0.2, 0.25) is 0 Å². The summed E-state index contributed by atoms with van der Waals surface area (Å²) in [5, 5.41) is 2.30. The van der Waals surface area contributed by atoms with Gasteiger partial charge in [0.05, 0.1) is 7.11 Å². The second kappa shape index (κ2) is 8.03. The third-order valence-corrected chi connectivity index (χ3v) is 4.38. The van der Waals surface area contributed by atoms with Crippen LogP contribution in [0.25, 0.3) is 0 Å². The highest BCUT2D eigenvalue weighted by atomic mass is 19.2. The zero-order valence-electron chi connectivity index (χ0n) is 14.7. The Morgan fingerprint density at radius 2 is 1.63 bits per heavy atom. The molecule has 0 spiro atoms. The van der Waals surface area contributed by atoms with E-state index >= 15 is 0 Å². The van der Waals surface area contributed by atoms with Crippen LogP contribution in [0, 0.1) is 11.6 Å². The summed E-state index contributed by atoms with van der Waals surface area (Å²) in [6.07, 6.45) is 0. The smallest absolute Gasteiger partial charge is 0.313 e. The maximum atomic E-state index is 13.2. The van der Waals surface area contributed by atoms with Gasteiger partial charge in [0.1, 0.15) is 5.75 Å². The molecule has 0 atom stereocenters. The van der Waals surface area contributed by atoms with E-state index in [0.29, 0.717) is 26.2 Å². The van der Waals surface area contributed by atoms with Gasteiger partial charge in [-0.1, -0.05) is 0 Å². The second-order valence-corrected chi connectivity index (χ2v) is 6.06. The molecule has 27 heavy (non-hydrogen) atoms. The third-order valence-electron chi connectivity index (χ3n) is 4.38. The van der Waals surface area contributed by atoms with Crippen molar-refractivity contribution in [1.82, 2.24) is 4.90 Å². The molecule has 1 aliphatic heterocycles. The topological polar surface area (TPSA) is 61.9 Å². The van der Waals surface area contributed by atoms with Crippen molar-refractivity contribution in [2.75, 3.05) is 43.5 Å². The summed E-state index contributed by atoms with van der Waals surface area (Å²) in [5.74, 6) is -2.92. The van der Waals surface area contributed by atoms with Crippen molar-refractivity contribution in [2.24, 2.45) is 0 Å². The van der Waals surface area contributed by atoms with Gasteiger partial charge in [-0.15, -0.1) is 0 Å². The predicted octanol–water partition coefficient (Wildman–Crippen LogP) is 2.26. The van der Waals surface area contributed by atoms with Crippen molar-refractivity contribution < 1.29 is 23.1 Å². The largest absolute Gasteiger partial charge is 0.497 e. The number of hydrogen-bond donors (Lipinski definition) is 1. The number of rotatable bonds is 3. The van der Waals surface area contributed by atoms with Crippen LogP contribution in [-0.4, -0.2) is 50.0 Å². The lowest BCUT2D eigenvalue weighted by atomic mass is 10.2. The Hall–Kier alpha value is -3.16. The minimum Gasteiger partial charge on any atom is -0.497 e. The highest BCUT2D eigenvalue weighted by Gasteiger charge is 2.26. The molecule has 8 heteroatoms. The average molecular weight is 375 g/mol. The van der Waals surface area contributed by atoms with Gasteiger partial charge < -0.3 is 19.9 Å². The van der Waals surface area contributed by atoms with E-state index in [4.69, 9.17) is 4.74 Å². The summed E-state index contributed by atoms with van der Waals surface area (Å²) in [5.41, 5.74) is 1.04. The summed E-state index contributed by atoms with van der Waals surface area (Å²) in [7, 11) is 1.60. The fourth-order valence-corrected chi connectivity index (χ4v) is 2.86. The predicted molar refractivity (Wildman–Crippen MR) is 96.8 cm³/mol. The van der Waals surface area contributed by atoms with Crippen molar-refractivity contribution in [1.29, 1.82) is 0 Å². The van der Waals surface area contributed by atoms with Gasteiger partial charge in [-0.05, 0) is 36.4 Å². The first-order valence-electron chi connectivity index (χ1n) is 8.42. The molecule has 0 aliphatic carbocycles. The first kappa shape index (κ1) is 18.6. The average Bonchev–Trinajstić information content (AvgIpc) is 2.70. The van der Waals surface area contributed by atoms with Gasteiger partial charge in [0.2, 0.25) is 0 Å². The summed E-state index contributed by atoms with van der Waals surface area (Å²) in [4.78, 5) is 27.9. The number of ether oxygens (including phenoxy) is 1. The minimum absolute atomic E-state index is 0.0316. The highest BCUT2D eigenvalue weighted by Crippen LogP contribution is 2.20. The molecule has 3 rings (SSSR count). The Kier molecular flexibility index (Phi) is 5.54. The molecule has 1 heterocycles. The van der Waals surface area contributed by atoms with Gasteiger partial charge in [-0.2, -0.15) is 0 Å². The van der Waals surface area contributed by atoms with Crippen LogP contribution in [0.3, 0.4) is 0 Å². The maximum absolute atomic E-state index is 13.2. The number of hydrogen-bond acceptors (Lipinski definition) is 4. The minimum atomic E-state index is -1.09. The molecule has 2 amide bonds. The van der Waals surface area contributed by atoms with Crippen molar-refractivity contribution in [2.45, 2.75) is 0 Å². The highest BCUT2D eigenvalue weighted by molar-refractivity contribution is 6.39. The van der Waals surface area contributed by atoms with Crippen molar-refractivity contribution in [3.63, 3.8) is 0 Å². The zero-order chi connectivity index (χ0) is 19.4. The van der Waals surface area contributed by atoms with E-state index in [1.54, 1.807) is 7.11 Å². The molecule has 1 saturated heterocycles. The molecule has 0 aromatic heterocycles. The normalized spacial score (nSPS) is 14.0. The van der Waals surface area contributed by atoms with Gasteiger partial charge in [0.15, 0.2) is 11.6 Å². The van der Waals surface area contributed by atoms with Crippen LogP contribution in [0.4, 0.5) is 20.2 Å². The number of methoxy groups -OCH3 is 1. The van der Waals surface area contributed by atoms with E-state index in [9.17, 15) is 18.4 Å². The SMILES string of the molecule is COc1ccc(N2CCN(C(=O)C(=O)Nc3ccc(F)c(F)c3)CC2)cc1. The van der Waals surface area contributed by atoms with Crippen LogP contribution >= 0.6 is 0 Å². The fraction of sp³-hybridized carbons (Fsp3) is 0.263. The van der Waals surface area contributed by atoms with Gasteiger partial charge >= 0.3 is 11.8 Å². The van der Waals surface area contributed by atoms with E-state index in [2.05, 4.69) is 10.2 Å². The lowest BCUT2D eigenvalue weighted by Crippen LogP contribution is -2.51. The molecule has 1 aliphatic rings. The number of nitrogens with one attached hydrogen (secondary N) is 1. The summed E-state index contributed by atoms with van der Waals surface area (Å²) in [6.45, 7) is 1.93. The number of nitrogens with zero attached hydrogens (tertiary/aromatic N) is 2. The Morgan fingerprint density at radius 3 is 2.22 bits per heavy atom. The number of piperazine rings is 1. The van der Waals surface area contributed by atoms with E-state index in [0.717, 1.165) is 23.6 Å². The number of anilines is 2. The summed E-state index contributed by atoms with van der Waals surface area (Å²) < 4.78 is 31.3. The molecule has 1 fully saturated rings. The van der Waals surface area contributed by atoms with Crippen molar-refractivity contribution >= 4 is 23.2 Å². The Labute approximate surface area is 155 Å². The van der Waals surface area contributed by atoms with Crippen molar-refractivity contribution in [3.05, 3.63) is 54.1 Å². The third kappa shape index (κ3) is 4.33. The molecule has 1 N–H and O–H groups in total. The van der Waals surface area contributed by atoms with Gasteiger partial charge in [-0.3, -0.25) is 9.59 Å². The molecular formula is C19H19F2N3O3. The Bertz CT molecular complexity index is 835. The Balaban J connectivity index is 1.55. The maximum Gasteiger partial charge on any atom is 0.313 e. The molecular weight excluding hydrogens is 356 g/mol. The number of carbonyl (C=O) groups is 2. The molecule has 6 nitrogen and oxygen atoms in total. The van der Waals surface area contributed by atoms with Crippen LogP contribution in [0.1, 0.15) is 0 Å². The molecule has 142 valence electrons. The molecule has 0 unspecified atom stereocenters. The van der Waals surface area contributed by atoms with E-state index < -0.39 is 23.4 Å². The van der Waals surface area contributed by atoms with Gasteiger partial charge in [-0.25, -0.2) is 8.78 Å². The van der Waals surface area contributed by atoms with Crippen LogP contribution in [0.5, 0.6) is 5.75 Å². The van der Waals surface area contributed by atoms with Crippen LogP contribution in [0.15, 0.2) is 42.5 Å². The first-order valence-corrected chi connectivity index (χ1v) is 8.42. The van der Waals surface area contributed by atoms with E-state index in [1.165, 1.54) is 11.0 Å². The Morgan fingerprint density at radius 1 is 0.963 bits per heavy atom. The lowest BCUT2D eigenvalue weighted by Gasteiger charge is -2.35. The second-order valence-electron chi connectivity index (χ2n) is 6.06. The standard InChI is InChI=1S/C19H19F2N3O3/c1-27-15-5-3-14(4-6-15)23-8-10-24(11-9-23)19(26)18(25)22-13-2-7-16(20)17(21)12-13/h2-7,12H,8-11H2,1H3,(H,22,25). The lowest BCUT2D eigenvalue weighted by molar-refractivity contribution is -0.143. The van der Waals surface area contributed by atoms with Crippen LogP contribution in [-0.2, 0) is 9.59 Å². The van der Waals surface area contributed by atoms with Gasteiger partial charge in [0.25, 0.3) is 0 Å². The quantitative estimate of drug-likeness (QED) is 0.836. The molecule has 0 saturated carbocycles. The molecule has 2 aromatic rings.